The molecule has 5 nitrogen and oxygen atoms in total. The minimum Gasteiger partial charge on any atom is -0.299 e. The molecule has 1 N–H and O–H groups in total. The molecule has 130 valence electrons. The van der Waals surface area contributed by atoms with Crippen LogP contribution in [-0.2, 0) is 0 Å². The summed E-state index contributed by atoms with van der Waals surface area (Å²) >= 11 is 0. The highest BCUT2D eigenvalue weighted by Gasteiger charge is 2.44. The molecule has 25 heavy (non-hydrogen) atoms. The van der Waals surface area contributed by atoms with Gasteiger partial charge in [0.25, 0.3) is 0 Å². The fourth-order valence-electron chi connectivity index (χ4n) is 4.14. The maximum Gasteiger partial charge on any atom is 0.153 e. The number of likely N-dealkylation sites (tertiary alicyclic amines) is 1. The van der Waals surface area contributed by atoms with E-state index >= 15 is 0 Å². The van der Waals surface area contributed by atoms with Gasteiger partial charge in [0, 0.05) is 43.9 Å². The van der Waals surface area contributed by atoms with Gasteiger partial charge in [-0.2, -0.15) is 5.10 Å². The zero-order valence-corrected chi connectivity index (χ0v) is 14.5. The molecule has 2 aromatic heterocycles. The summed E-state index contributed by atoms with van der Waals surface area (Å²) in [5, 5.41) is 7.76. The van der Waals surface area contributed by atoms with Crippen LogP contribution in [-0.4, -0.2) is 44.7 Å². The van der Waals surface area contributed by atoms with E-state index in [9.17, 15) is 0 Å². The normalized spacial score (nSPS) is 27.4. The van der Waals surface area contributed by atoms with Gasteiger partial charge in [-0.3, -0.25) is 15.0 Å². The largest absolute Gasteiger partial charge is 0.299 e. The van der Waals surface area contributed by atoms with Crippen molar-refractivity contribution in [2.75, 3.05) is 19.6 Å². The van der Waals surface area contributed by atoms with Gasteiger partial charge in [-0.25, -0.2) is 4.98 Å². The third-order valence-corrected chi connectivity index (χ3v) is 5.86. The molecule has 2 aromatic rings. The van der Waals surface area contributed by atoms with Gasteiger partial charge in [-0.15, -0.1) is 0 Å². The Bertz CT molecular complexity index is 744. The van der Waals surface area contributed by atoms with Crippen LogP contribution in [0.25, 0.3) is 6.08 Å². The second-order valence-electron chi connectivity index (χ2n) is 7.86. The van der Waals surface area contributed by atoms with Crippen molar-refractivity contribution in [1.29, 1.82) is 0 Å². The van der Waals surface area contributed by atoms with Crippen molar-refractivity contribution >= 4 is 6.08 Å². The minimum atomic E-state index is 0.529. The summed E-state index contributed by atoms with van der Waals surface area (Å²) in [6.07, 6.45) is 13.5. The van der Waals surface area contributed by atoms with Gasteiger partial charge < -0.3 is 0 Å². The number of rotatable bonds is 6. The number of nitrogens with one attached hydrogen (secondary N) is 1. The first-order chi connectivity index (χ1) is 12.4. The molecule has 3 aliphatic rings. The van der Waals surface area contributed by atoms with Crippen molar-refractivity contribution in [2.24, 2.45) is 11.8 Å². The number of H-pyrrole nitrogens is 1. The summed E-state index contributed by atoms with van der Waals surface area (Å²) < 4.78 is 0. The Hall–Kier alpha value is -2.01. The molecule has 0 unspecified atom stereocenters. The van der Waals surface area contributed by atoms with Crippen LogP contribution in [0.15, 0.2) is 30.6 Å². The molecule has 0 amide bonds. The Morgan fingerprint density at radius 2 is 1.96 bits per heavy atom. The van der Waals surface area contributed by atoms with Gasteiger partial charge in [-0.05, 0) is 55.2 Å². The van der Waals surface area contributed by atoms with Crippen LogP contribution in [0.3, 0.4) is 0 Å². The molecule has 5 heteroatoms. The molecule has 0 bridgehead atoms. The summed E-state index contributed by atoms with van der Waals surface area (Å²) in [4.78, 5) is 11.5. The predicted molar refractivity (Wildman–Crippen MR) is 97.0 cm³/mol. The van der Waals surface area contributed by atoms with Gasteiger partial charge in [0.2, 0.25) is 0 Å². The molecule has 1 saturated heterocycles. The number of pyridine rings is 1. The van der Waals surface area contributed by atoms with E-state index in [1.807, 2.05) is 24.5 Å². The van der Waals surface area contributed by atoms with E-state index in [4.69, 9.17) is 4.98 Å². The van der Waals surface area contributed by atoms with Gasteiger partial charge in [-0.1, -0.05) is 12.2 Å². The fourth-order valence-corrected chi connectivity index (χ4v) is 4.14. The van der Waals surface area contributed by atoms with Crippen LogP contribution in [0.2, 0.25) is 0 Å². The van der Waals surface area contributed by atoms with E-state index in [1.54, 1.807) is 0 Å². The predicted octanol–water partition coefficient (Wildman–Crippen LogP) is 3.22. The first-order valence-corrected chi connectivity index (χ1v) is 9.58. The molecule has 0 spiro atoms. The Morgan fingerprint density at radius 3 is 2.72 bits per heavy atom. The Balaban J connectivity index is 1.26. The molecule has 3 fully saturated rings. The maximum atomic E-state index is 4.86. The third kappa shape index (κ3) is 3.38. The van der Waals surface area contributed by atoms with Gasteiger partial charge in [0.05, 0.1) is 0 Å². The summed E-state index contributed by atoms with van der Waals surface area (Å²) in [6, 6.07) is 4.09. The number of hydrogen-bond donors (Lipinski definition) is 1. The average molecular weight is 335 g/mol. The van der Waals surface area contributed by atoms with Gasteiger partial charge in [0.15, 0.2) is 5.82 Å². The number of aromatic nitrogens is 4. The summed E-state index contributed by atoms with van der Waals surface area (Å²) in [6.45, 7) is 3.29. The molecule has 2 saturated carbocycles. The van der Waals surface area contributed by atoms with Gasteiger partial charge >= 0.3 is 0 Å². The minimum absolute atomic E-state index is 0.529. The lowest BCUT2D eigenvalue weighted by molar-refractivity contribution is 0.349. The van der Waals surface area contributed by atoms with E-state index in [0.29, 0.717) is 11.8 Å². The highest BCUT2D eigenvalue weighted by Crippen LogP contribution is 2.47. The molecule has 5 rings (SSSR count). The molecule has 1 aliphatic heterocycles. The first kappa shape index (κ1) is 15.3. The Kier molecular flexibility index (Phi) is 3.89. The SMILES string of the molecule is C(=C\c1ccncc1)/CN1C[C@H](c2nc(C3CC3)n[nH]2)[C@@H](C2CC2)C1. The smallest absolute Gasteiger partial charge is 0.153 e. The van der Waals surface area contributed by atoms with E-state index in [0.717, 1.165) is 36.6 Å². The first-order valence-electron chi connectivity index (χ1n) is 9.58. The van der Waals surface area contributed by atoms with Crippen molar-refractivity contribution in [3.05, 3.63) is 47.8 Å². The van der Waals surface area contributed by atoms with Crippen LogP contribution in [0.5, 0.6) is 0 Å². The molecular weight excluding hydrogens is 310 g/mol. The van der Waals surface area contributed by atoms with Gasteiger partial charge in [0.1, 0.15) is 5.82 Å². The highest BCUT2D eigenvalue weighted by atomic mass is 15.2. The Morgan fingerprint density at radius 1 is 1.12 bits per heavy atom. The summed E-state index contributed by atoms with van der Waals surface area (Å²) in [5.41, 5.74) is 1.22. The van der Waals surface area contributed by atoms with Crippen molar-refractivity contribution in [1.82, 2.24) is 25.1 Å². The van der Waals surface area contributed by atoms with E-state index < -0.39 is 0 Å². The van der Waals surface area contributed by atoms with E-state index in [1.165, 1.54) is 37.8 Å². The van der Waals surface area contributed by atoms with E-state index in [-0.39, 0.29) is 0 Å². The monoisotopic (exact) mass is 335 g/mol. The van der Waals surface area contributed by atoms with Crippen LogP contribution in [0, 0.1) is 11.8 Å². The molecule has 2 atom stereocenters. The number of aromatic amines is 1. The number of nitrogens with zero attached hydrogens (tertiary/aromatic N) is 4. The average Bonchev–Trinajstić information content (AvgIpc) is 3.57. The quantitative estimate of drug-likeness (QED) is 0.880. The fraction of sp³-hybridized carbons (Fsp3) is 0.550. The van der Waals surface area contributed by atoms with Crippen LogP contribution < -0.4 is 0 Å². The van der Waals surface area contributed by atoms with Crippen molar-refractivity contribution in [3.8, 4) is 0 Å². The molecule has 0 radical (unpaired) electrons. The topological polar surface area (TPSA) is 57.7 Å². The van der Waals surface area contributed by atoms with Crippen LogP contribution in [0.4, 0.5) is 0 Å². The lowest BCUT2D eigenvalue weighted by Crippen LogP contribution is -2.21. The maximum absolute atomic E-state index is 4.86. The zero-order chi connectivity index (χ0) is 16.6. The summed E-state index contributed by atoms with van der Waals surface area (Å²) in [5.74, 6) is 5.00. The van der Waals surface area contributed by atoms with Crippen LogP contribution >= 0.6 is 0 Å². The molecule has 3 heterocycles. The molecular formula is C20H25N5. The second-order valence-corrected chi connectivity index (χ2v) is 7.86. The van der Waals surface area contributed by atoms with E-state index in [2.05, 4.69) is 32.2 Å². The third-order valence-electron chi connectivity index (χ3n) is 5.86. The number of hydrogen-bond acceptors (Lipinski definition) is 4. The van der Waals surface area contributed by atoms with Crippen molar-refractivity contribution in [3.63, 3.8) is 0 Å². The highest BCUT2D eigenvalue weighted by molar-refractivity contribution is 5.48. The van der Waals surface area contributed by atoms with Crippen LogP contribution in [0.1, 0.15) is 54.7 Å². The second kappa shape index (κ2) is 6.37. The van der Waals surface area contributed by atoms with Crippen molar-refractivity contribution < 1.29 is 0 Å². The molecule has 0 aromatic carbocycles. The standard InChI is InChI=1S/C20H25N5/c1(2-14-7-9-21-10-8-14)11-25-12-17(15-3-4-15)18(13-25)20-22-19(23-24-20)16-5-6-16/h1-2,7-10,15-18H,3-6,11-13H2,(H,22,23,24)/b2-1+/t17-,18+/m1/s1. The lowest BCUT2D eigenvalue weighted by atomic mass is 9.91. The zero-order valence-electron chi connectivity index (χ0n) is 14.5. The van der Waals surface area contributed by atoms with Crippen molar-refractivity contribution in [2.45, 2.75) is 37.5 Å². The molecule has 2 aliphatic carbocycles. The lowest BCUT2D eigenvalue weighted by Gasteiger charge is -2.14. The Labute approximate surface area is 148 Å². The summed E-state index contributed by atoms with van der Waals surface area (Å²) in [7, 11) is 0.